The van der Waals surface area contributed by atoms with Gasteiger partial charge >= 0.3 is 11.8 Å². The molecule has 0 N–H and O–H groups in total. The van der Waals surface area contributed by atoms with Crippen molar-refractivity contribution in [1.82, 2.24) is 0 Å². The topological polar surface area (TPSA) is 0 Å². The van der Waals surface area contributed by atoms with Crippen LogP contribution >= 0.6 is 0 Å². The molecule has 0 radical (unpaired) electrons. The Balaban J connectivity index is -0.000000113. The van der Waals surface area contributed by atoms with Crippen molar-refractivity contribution < 1.29 is 26.3 Å². The van der Waals surface area contributed by atoms with Crippen LogP contribution in [0, 0.1) is 92.2 Å². The fourth-order valence-electron chi connectivity index (χ4n) is 10.8. The molecule has 0 heterocycles. The van der Waals surface area contributed by atoms with E-state index in [1.165, 1.54) is 225 Å². The molecule has 1 unspecified atom stereocenters. The van der Waals surface area contributed by atoms with Crippen molar-refractivity contribution in [2.45, 2.75) is 533 Å². The first-order valence-corrected chi connectivity index (χ1v) is 45.1. The van der Waals surface area contributed by atoms with Crippen LogP contribution in [0.3, 0.4) is 0 Å². The van der Waals surface area contributed by atoms with E-state index in [2.05, 4.69) is 208 Å². The Morgan fingerprint density at radius 2 is 0.549 bits per heavy atom. The van der Waals surface area contributed by atoms with Crippen molar-refractivity contribution in [3.05, 3.63) is 0 Å². The molecule has 8 aliphatic carbocycles. The third-order valence-electron chi connectivity index (χ3n) is 20.4. The van der Waals surface area contributed by atoms with Gasteiger partial charge in [0, 0.05) is 5.92 Å². The van der Waals surface area contributed by atoms with E-state index in [0.717, 1.165) is 66.1 Å². The number of rotatable bonds is 6. The normalized spacial score (nSPS) is 21.6. The maximum absolute atomic E-state index is 13.3. The molecule has 632 valence electrons. The molecule has 0 aromatic carbocycles. The zero-order chi connectivity index (χ0) is 82.6. The second-order valence-corrected chi connectivity index (χ2v) is 37.5. The van der Waals surface area contributed by atoms with Gasteiger partial charge in [-0.05, 0) is 139 Å². The lowest BCUT2D eigenvalue weighted by molar-refractivity contribution is -0.327. The van der Waals surface area contributed by atoms with Crippen LogP contribution in [0.15, 0.2) is 0 Å². The predicted molar refractivity (Wildman–Crippen MR) is 464 cm³/mol. The van der Waals surface area contributed by atoms with E-state index in [0.29, 0.717) is 28.6 Å². The van der Waals surface area contributed by atoms with Crippen LogP contribution in [-0.4, -0.2) is 18.3 Å². The van der Waals surface area contributed by atoms with E-state index in [1.54, 1.807) is 0 Å². The van der Waals surface area contributed by atoms with Crippen LogP contribution in [-0.2, 0) is 0 Å². The third-order valence-corrected chi connectivity index (χ3v) is 20.4. The minimum Gasteiger partial charge on any atom is -0.210 e. The van der Waals surface area contributed by atoms with Gasteiger partial charge in [-0.15, -0.1) is 0 Å². The maximum atomic E-state index is 13.3. The summed E-state index contributed by atoms with van der Waals surface area (Å²) in [6.07, 6.45) is 46.5. The van der Waals surface area contributed by atoms with Gasteiger partial charge in [0.25, 0.3) is 0 Å². The van der Waals surface area contributed by atoms with Crippen LogP contribution in [0.25, 0.3) is 0 Å². The second kappa shape index (κ2) is 76.0. The lowest BCUT2D eigenvalue weighted by Crippen LogP contribution is -2.61. The molecule has 0 amide bonds. The SMILES string of the molecule is CC.CC.CC.CC.CC(C)(C)C.CC(C)C.CC1CC1.CC1CCC(C)(C)CC1.CC1CCCC1.CC1CCCCC1.CCC.CCC(C)(C)C.CCC(C)C.CCC(C)C.CCC1CCC(C)(C)CC1.CCC1CCCC1.CCC1CCCCC1.C[C@@H]1CCC(C)(C(F)F)C(F)(F)C1(F)F. The Hall–Kier alpha value is -0.420. The van der Waals surface area contributed by atoms with Gasteiger partial charge in [-0.25, -0.2) is 8.78 Å². The van der Waals surface area contributed by atoms with Crippen molar-refractivity contribution >= 4 is 0 Å². The standard InChI is InChI=1S/C10H20.C9H12F6.C9H18.C8H16.2C7H14.C6H12.C6H14.3C5H12.C4H8.C4H10.C3H8.4C2H6/c1-4-9-5-7-10(2,3)8-6-9;1-5-3-4-7(2,6(10)11)9(14,15)8(5,12)13;1-8-4-6-9(2,3)7-5-8;1-2-8-6-4-3-5-7-8;1-7-5-3-2-4-6-7;1-2-7-5-3-4-6-7;1-6-4-2-3-5-6;1-5-6(2,3)4;1-5(2,3)4;2*1-4-5(2)3;1-4-2-3-4;1-4(2)3;1-3-2;4*1-2/h9H,4-8H2,1-3H3;5-6H,3-4H2,1-2H3;8H,4-7H2,1-3H3;8H,2-7H2,1H3;2*7H,2-6H2,1H3;6H,2-5H2,1H3;5H2,1-4H3;1-4H3;2*5H,4H2,1-3H3;4H,2-3H2,1H3;4H,1-3H3;3H2,1-2H3;4*1-2H3/t;5-,7?;;;;;;;;;;;;;;;;/m.1................/s1. The number of alkyl halides is 6. The summed E-state index contributed by atoms with van der Waals surface area (Å²) < 4.78 is 77.8. The fraction of sp³-hybridized carbons (Fsp3) is 1.00. The highest BCUT2D eigenvalue weighted by Gasteiger charge is 2.73. The molecule has 0 nitrogen and oxygen atoms in total. The molecule has 8 saturated carbocycles. The van der Waals surface area contributed by atoms with E-state index in [4.69, 9.17) is 0 Å². The van der Waals surface area contributed by atoms with Crippen LogP contribution in [0.2, 0.25) is 0 Å². The number of halogens is 6. The smallest absolute Gasteiger partial charge is 0.210 e. The molecular weight excluding hydrogens is 1270 g/mol. The summed E-state index contributed by atoms with van der Waals surface area (Å²) >= 11 is 0. The molecule has 8 rings (SSSR count). The van der Waals surface area contributed by atoms with Crippen molar-refractivity contribution in [3.63, 3.8) is 0 Å². The first-order chi connectivity index (χ1) is 47.1. The first kappa shape index (κ1) is 123. The molecule has 102 heavy (non-hydrogen) atoms. The molecule has 2 atom stereocenters. The number of hydrogen-bond donors (Lipinski definition) is 0. The van der Waals surface area contributed by atoms with Gasteiger partial charge in [-0.1, -0.05) is 456 Å². The lowest BCUT2D eigenvalue weighted by Gasteiger charge is -2.47. The molecule has 0 aliphatic heterocycles. The van der Waals surface area contributed by atoms with Crippen LogP contribution in [0.5, 0.6) is 0 Å². The van der Waals surface area contributed by atoms with Gasteiger partial charge in [0.1, 0.15) is 0 Å². The quantitative estimate of drug-likeness (QED) is 0.233. The van der Waals surface area contributed by atoms with Crippen molar-refractivity contribution in [3.8, 4) is 0 Å². The van der Waals surface area contributed by atoms with E-state index >= 15 is 0 Å². The Morgan fingerprint density at radius 3 is 0.716 bits per heavy atom. The molecule has 0 aromatic rings. The predicted octanol–water partition coefficient (Wildman–Crippen LogP) is 38.3. The highest BCUT2D eigenvalue weighted by Crippen LogP contribution is 2.60. The van der Waals surface area contributed by atoms with E-state index < -0.39 is 36.0 Å². The van der Waals surface area contributed by atoms with E-state index in [-0.39, 0.29) is 6.42 Å². The molecule has 0 spiro atoms. The Morgan fingerprint density at radius 1 is 0.343 bits per heavy atom. The Bertz CT molecular complexity index is 1500. The Labute approximate surface area is 647 Å². The minimum absolute atomic E-state index is 0.316. The summed E-state index contributed by atoms with van der Waals surface area (Å²) in [7, 11) is 0. The van der Waals surface area contributed by atoms with Crippen molar-refractivity contribution in [2.75, 3.05) is 0 Å². The summed E-state index contributed by atoms with van der Waals surface area (Å²) in [6, 6.07) is 0. The first-order valence-electron chi connectivity index (χ1n) is 45.1. The highest BCUT2D eigenvalue weighted by molar-refractivity contribution is 5.06. The average Bonchev–Trinajstić information content (AvgIpc) is 1.04. The van der Waals surface area contributed by atoms with Gasteiger partial charge in [-0.3, -0.25) is 0 Å². The van der Waals surface area contributed by atoms with Gasteiger partial charge in [0.15, 0.2) is 0 Å². The van der Waals surface area contributed by atoms with E-state index in [1.807, 2.05) is 55.4 Å². The molecule has 0 aromatic heterocycles. The molecule has 0 saturated heterocycles. The maximum Gasteiger partial charge on any atom is 0.321 e. The van der Waals surface area contributed by atoms with E-state index in [9.17, 15) is 26.3 Å². The zero-order valence-electron chi connectivity index (χ0n) is 78.9. The summed E-state index contributed by atoms with van der Waals surface area (Å²) in [5, 5.41) is 0. The van der Waals surface area contributed by atoms with Crippen molar-refractivity contribution in [2.24, 2.45) is 92.2 Å². The fourth-order valence-corrected chi connectivity index (χ4v) is 10.8. The zero-order valence-corrected chi connectivity index (χ0v) is 78.9. The summed E-state index contributed by atoms with van der Waals surface area (Å²) in [5.41, 5.74) is -0.568. The molecule has 0 bridgehead atoms. The third kappa shape index (κ3) is 86.8. The molecule has 6 heteroatoms. The van der Waals surface area contributed by atoms with Gasteiger partial charge in [0.2, 0.25) is 6.43 Å². The summed E-state index contributed by atoms with van der Waals surface area (Å²) in [5.74, 6) is -0.597. The van der Waals surface area contributed by atoms with Gasteiger partial charge < -0.3 is 0 Å². The molecular formula is C96H206F6. The van der Waals surface area contributed by atoms with Crippen LogP contribution in [0.1, 0.15) is 515 Å². The van der Waals surface area contributed by atoms with Crippen molar-refractivity contribution in [1.29, 1.82) is 0 Å². The van der Waals surface area contributed by atoms with Crippen LogP contribution in [0.4, 0.5) is 26.3 Å². The lowest BCUT2D eigenvalue weighted by atomic mass is 9.67. The monoisotopic (exact) mass is 1470 g/mol. The van der Waals surface area contributed by atoms with Crippen LogP contribution < -0.4 is 0 Å². The van der Waals surface area contributed by atoms with Gasteiger partial charge in [-0.2, -0.15) is 17.6 Å². The minimum atomic E-state index is -4.66. The summed E-state index contributed by atoms with van der Waals surface area (Å²) in [4.78, 5) is 0. The molecule has 8 aliphatic rings. The Kier molecular flexibility index (Phi) is 91.3. The largest absolute Gasteiger partial charge is 0.321 e. The average molecular weight is 1470 g/mol. The highest BCUT2D eigenvalue weighted by atomic mass is 19.3. The second-order valence-electron chi connectivity index (χ2n) is 37.5. The number of hydrogen-bond acceptors (Lipinski definition) is 0. The van der Waals surface area contributed by atoms with Gasteiger partial charge in [0.05, 0.1) is 5.41 Å². The summed E-state index contributed by atoms with van der Waals surface area (Å²) in [6.45, 7) is 85.1. The molecule has 8 fully saturated rings.